The highest BCUT2D eigenvalue weighted by Gasteiger charge is 2.19. The second-order valence-corrected chi connectivity index (χ2v) is 5.00. The predicted octanol–water partition coefficient (Wildman–Crippen LogP) is 2.71. The van der Waals surface area contributed by atoms with E-state index in [9.17, 15) is 4.79 Å². The van der Waals surface area contributed by atoms with Crippen LogP contribution in [0.25, 0.3) is 0 Å². The second kappa shape index (κ2) is 3.74. The van der Waals surface area contributed by atoms with Crippen LogP contribution < -0.4 is 5.01 Å². The molecule has 0 aliphatic carbocycles. The number of hydrogen-bond donors (Lipinski definition) is 0. The number of carbonyl (C=O) groups is 1. The minimum atomic E-state index is 0.0310. The van der Waals surface area contributed by atoms with Crippen molar-refractivity contribution in [2.45, 2.75) is 32.6 Å². The molecule has 0 atom stereocenters. The highest BCUT2D eigenvalue weighted by Crippen LogP contribution is 2.25. The Labute approximate surface area is 95.8 Å². The zero-order valence-corrected chi connectivity index (χ0v) is 9.90. The van der Waals surface area contributed by atoms with E-state index in [1.165, 1.54) is 10.6 Å². The smallest absolute Gasteiger partial charge is 0.252 e. The Morgan fingerprint density at radius 2 is 1.81 bits per heavy atom. The number of amides is 1. The molecule has 2 rings (SSSR count). The van der Waals surface area contributed by atoms with E-state index in [4.69, 9.17) is 0 Å². The molecule has 0 aromatic heterocycles. The maximum absolute atomic E-state index is 11.5. The third kappa shape index (κ3) is 1.98. The number of anilines is 1. The van der Waals surface area contributed by atoms with Crippen molar-refractivity contribution in [3.8, 4) is 0 Å². The van der Waals surface area contributed by atoms with Crippen LogP contribution in [0.1, 0.15) is 32.8 Å². The highest BCUT2D eigenvalue weighted by atomic mass is 16.2. The Hall–Kier alpha value is -1.64. The Morgan fingerprint density at radius 3 is 2.25 bits per heavy atom. The topological polar surface area (TPSA) is 32.7 Å². The number of benzene rings is 1. The van der Waals surface area contributed by atoms with Crippen molar-refractivity contribution in [1.29, 1.82) is 0 Å². The molecular formula is C13H16N2O. The van der Waals surface area contributed by atoms with Gasteiger partial charge in [0.25, 0.3) is 5.91 Å². The summed E-state index contributed by atoms with van der Waals surface area (Å²) < 4.78 is 0. The molecule has 0 N–H and O–H groups in total. The van der Waals surface area contributed by atoms with Crippen LogP contribution in [0.15, 0.2) is 29.4 Å². The Bertz CT molecular complexity index is 426. The molecule has 0 fully saturated rings. The summed E-state index contributed by atoms with van der Waals surface area (Å²) in [5.74, 6) is 0.0310. The molecule has 0 spiro atoms. The minimum absolute atomic E-state index is 0.0310. The second-order valence-electron chi connectivity index (χ2n) is 5.00. The normalized spacial score (nSPS) is 15.9. The zero-order chi connectivity index (χ0) is 11.8. The molecule has 0 radical (unpaired) electrons. The van der Waals surface area contributed by atoms with Crippen LogP contribution in [-0.2, 0) is 10.2 Å². The van der Waals surface area contributed by atoms with Gasteiger partial charge in [0.2, 0.25) is 0 Å². The fraction of sp³-hybridized carbons (Fsp3) is 0.385. The molecule has 1 aromatic rings. The van der Waals surface area contributed by atoms with Crippen LogP contribution in [-0.4, -0.2) is 12.1 Å². The van der Waals surface area contributed by atoms with Crippen molar-refractivity contribution < 1.29 is 4.79 Å². The molecule has 1 heterocycles. The number of nitrogens with zero attached hydrogens (tertiary/aromatic N) is 2. The average molecular weight is 216 g/mol. The molecule has 1 aliphatic heterocycles. The summed E-state index contributed by atoms with van der Waals surface area (Å²) in [4.78, 5) is 11.5. The van der Waals surface area contributed by atoms with Gasteiger partial charge in [-0.25, -0.2) is 5.01 Å². The van der Waals surface area contributed by atoms with Gasteiger partial charge in [0.15, 0.2) is 0 Å². The van der Waals surface area contributed by atoms with Gasteiger partial charge in [-0.3, -0.25) is 4.79 Å². The molecule has 1 amide bonds. The third-order valence-corrected chi connectivity index (χ3v) is 2.68. The van der Waals surface area contributed by atoms with Gasteiger partial charge >= 0.3 is 0 Å². The highest BCUT2D eigenvalue weighted by molar-refractivity contribution is 6.05. The SMILES string of the molecule is CC(C)(C)c1ccc(N2N=CCC2=O)cc1. The van der Waals surface area contributed by atoms with Crippen LogP contribution in [0.5, 0.6) is 0 Å². The lowest BCUT2D eigenvalue weighted by Crippen LogP contribution is -2.19. The van der Waals surface area contributed by atoms with Crippen molar-refractivity contribution in [2.24, 2.45) is 5.10 Å². The van der Waals surface area contributed by atoms with E-state index in [2.05, 4.69) is 38.0 Å². The van der Waals surface area contributed by atoms with Crippen molar-refractivity contribution in [1.82, 2.24) is 0 Å². The van der Waals surface area contributed by atoms with Gasteiger partial charge in [-0.15, -0.1) is 0 Å². The van der Waals surface area contributed by atoms with Gasteiger partial charge in [-0.1, -0.05) is 32.9 Å². The zero-order valence-electron chi connectivity index (χ0n) is 9.90. The molecule has 0 saturated heterocycles. The molecule has 0 saturated carbocycles. The Morgan fingerprint density at radius 1 is 1.19 bits per heavy atom. The molecule has 16 heavy (non-hydrogen) atoms. The van der Waals surface area contributed by atoms with Gasteiger partial charge in [-0.2, -0.15) is 5.10 Å². The van der Waals surface area contributed by atoms with Crippen LogP contribution in [0.4, 0.5) is 5.69 Å². The fourth-order valence-electron chi connectivity index (χ4n) is 1.66. The van der Waals surface area contributed by atoms with E-state index in [1.807, 2.05) is 12.1 Å². The maximum Gasteiger partial charge on any atom is 0.252 e. The quantitative estimate of drug-likeness (QED) is 0.710. The number of hydrazone groups is 1. The molecule has 3 nitrogen and oxygen atoms in total. The first-order chi connectivity index (χ1) is 7.48. The van der Waals surface area contributed by atoms with Crippen molar-refractivity contribution >= 4 is 17.8 Å². The van der Waals surface area contributed by atoms with Gasteiger partial charge in [-0.05, 0) is 23.1 Å². The van der Waals surface area contributed by atoms with Gasteiger partial charge in [0.1, 0.15) is 0 Å². The van der Waals surface area contributed by atoms with Gasteiger partial charge in [0.05, 0.1) is 12.1 Å². The van der Waals surface area contributed by atoms with Gasteiger partial charge in [0, 0.05) is 6.21 Å². The summed E-state index contributed by atoms with van der Waals surface area (Å²) in [6.45, 7) is 6.50. The van der Waals surface area contributed by atoms with Crippen molar-refractivity contribution in [2.75, 3.05) is 5.01 Å². The first-order valence-corrected chi connectivity index (χ1v) is 5.44. The van der Waals surface area contributed by atoms with Crippen LogP contribution in [0, 0.1) is 0 Å². The van der Waals surface area contributed by atoms with E-state index < -0.39 is 0 Å². The summed E-state index contributed by atoms with van der Waals surface area (Å²) in [7, 11) is 0. The van der Waals surface area contributed by atoms with E-state index >= 15 is 0 Å². The fourth-order valence-corrected chi connectivity index (χ4v) is 1.66. The standard InChI is InChI=1S/C13H16N2O/c1-13(2,3)10-4-6-11(7-5-10)15-12(16)8-9-14-15/h4-7,9H,8H2,1-3H3. The first kappa shape index (κ1) is 10.9. The summed E-state index contributed by atoms with van der Waals surface area (Å²) in [5, 5.41) is 5.49. The summed E-state index contributed by atoms with van der Waals surface area (Å²) >= 11 is 0. The molecule has 1 aliphatic rings. The lowest BCUT2D eigenvalue weighted by molar-refractivity contribution is -0.116. The maximum atomic E-state index is 11.5. The minimum Gasteiger partial charge on any atom is -0.272 e. The monoisotopic (exact) mass is 216 g/mol. The average Bonchev–Trinajstić information content (AvgIpc) is 2.63. The van der Waals surface area contributed by atoms with E-state index in [-0.39, 0.29) is 11.3 Å². The molecule has 84 valence electrons. The molecule has 1 aromatic carbocycles. The first-order valence-electron chi connectivity index (χ1n) is 5.44. The molecule has 3 heteroatoms. The Balaban J connectivity index is 2.26. The number of hydrogen-bond acceptors (Lipinski definition) is 2. The van der Waals surface area contributed by atoms with Crippen LogP contribution >= 0.6 is 0 Å². The van der Waals surface area contributed by atoms with Crippen molar-refractivity contribution in [3.05, 3.63) is 29.8 Å². The van der Waals surface area contributed by atoms with Gasteiger partial charge < -0.3 is 0 Å². The van der Waals surface area contributed by atoms with Crippen molar-refractivity contribution in [3.63, 3.8) is 0 Å². The Kier molecular flexibility index (Phi) is 2.54. The van der Waals surface area contributed by atoms with E-state index in [0.717, 1.165) is 5.69 Å². The summed E-state index contributed by atoms with van der Waals surface area (Å²) in [6, 6.07) is 8.00. The van der Waals surface area contributed by atoms with E-state index in [1.54, 1.807) is 6.21 Å². The molecule has 0 unspecified atom stereocenters. The lowest BCUT2D eigenvalue weighted by Gasteiger charge is -2.20. The largest absolute Gasteiger partial charge is 0.272 e. The van der Waals surface area contributed by atoms with Crippen LogP contribution in [0.3, 0.4) is 0 Å². The molecular weight excluding hydrogens is 200 g/mol. The third-order valence-electron chi connectivity index (χ3n) is 2.68. The number of carbonyl (C=O) groups excluding carboxylic acids is 1. The van der Waals surface area contributed by atoms with Crippen LogP contribution in [0.2, 0.25) is 0 Å². The van der Waals surface area contributed by atoms with E-state index in [0.29, 0.717) is 6.42 Å². The number of rotatable bonds is 1. The lowest BCUT2D eigenvalue weighted by atomic mass is 9.87. The molecule has 0 bridgehead atoms. The predicted molar refractivity (Wildman–Crippen MR) is 65.7 cm³/mol. The summed E-state index contributed by atoms with van der Waals surface area (Å²) in [6.07, 6.45) is 2.04. The summed E-state index contributed by atoms with van der Waals surface area (Å²) in [5.41, 5.74) is 2.23.